The van der Waals surface area contributed by atoms with Crippen LogP contribution in [-0.4, -0.2) is 28.2 Å². The maximum absolute atomic E-state index is 10.8. The number of aromatic nitrogens is 2. The fourth-order valence-corrected chi connectivity index (χ4v) is 1.18. The van der Waals surface area contributed by atoms with Crippen molar-refractivity contribution in [3.63, 3.8) is 0 Å². The predicted octanol–water partition coefficient (Wildman–Crippen LogP) is 1.79. The highest BCUT2D eigenvalue weighted by Crippen LogP contribution is 2.23. The highest BCUT2D eigenvalue weighted by Gasteiger charge is 2.15. The third-order valence-electron chi connectivity index (χ3n) is 1.99. The Hall–Kier alpha value is -2.97. The molecule has 0 unspecified atom stereocenters. The molecule has 9 heteroatoms. The number of nitrogens with zero attached hydrogens (tertiary/aromatic N) is 3. The molecule has 0 aromatic carbocycles. The highest BCUT2D eigenvalue weighted by molar-refractivity contribution is 5.63. The van der Waals surface area contributed by atoms with Gasteiger partial charge >= 0.3 is 12.0 Å². The summed E-state index contributed by atoms with van der Waals surface area (Å²) in [7, 11) is 1.17. The van der Waals surface area contributed by atoms with E-state index in [4.69, 9.17) is 4.42 Å². The lowest BCUT2D eigenvalue weighted by molar-refractivity contribution is -0.401. The Morgan fingerprint density at radius 2 is 2.05 bits per heavy atom. The molecule has 0 saturated carbocycles. The summed E-state index contributed by atoms with van der Waals surface area (Å²) in [6.45, 7) is 0. The van der Waals surface area contributed by atoms with Crippen LogP contribution in [-0.2, 0) is 4.74 Å². The van der Waals surface area contributed by atoms with Crippen molar-refractivity contribution >= 4 is 12.0 Å². The normalized spacial score (nSPS) is 9.95. The van der Waals surface area contributed by atoms with Crippen LogP contribution in [0.1, 0.15) is 0 Å². The Morgan fingerprint density at radius 1 is 1.37 bits per heavy atom. The molecule has 2 aromatic heterocycles. The molecule has 0 saturated heterocycles. The minimum Gasteiger partial charge on any atom is -0.437 e. The van der Waals surface area contributed by atoms with Crippen molar-refractivity contribution in [2.24, 2.45) is 0 Å². The quantitative estimate of drug-likeness (QED) is 0.468. The maximum atomic E-state index is 10.8. The molecule has 0 bridgehead atoms. The van der Waals surface area contributed by atoms with Crippen LogP contribution in [0.3, 0.4) is 0 Å². The second-order valence-electron chi connectivity index (χ2n) is 3.19. The molecular formula is C10H7N3O6. The van der Waals surface area contributed by atoms with E-state index in [1.807, 2.05) is 0 Å². The summed E-state index contributed by atoms with van der Waals surface area (Å²) in [6, 6.07) is 2.56. The van der Waals surface area contributed by atoms with Gasteiger partial charge in [-0.3, -0.25) is 10.1 Å². The maximum Gasteiger partial charge on any atom is 0.513 e. The van der Waals surface area contributed by atoms with Gasteiger partial charge < -0.3 is 13.9 Å². The Morgan fingerprint density at radius 3 is 2.58 bits per heavy atom. The molecule has 0 aliphatic carbocycles. The Bertz CT molecular complexity index is 606. The monoisotopic (exact) mass is 265 g/mol. The number of hydrogen-bond acceptors (Lipinski definition) is 8. The molecule has 0 atom stereocenters. The number of methoxy groups -OCH3 is 1. The van der Waals surface area contributed by atoms with E-state index >= 15 is 0 Å². The summed E-state index contributed by atoms with van der Waals surface area (Å²) in [4.78, 5) is 28.3. The zero-order valence-electron chi connectivity index (χ0n) is 9.60. The van der Waals surface area contributed by atoms with Crippen molar-refractivity contribution < 1.29 is 23.6 Å². The summed E-state index contributed by atoms with van der Waals surface area (Å²) < 4.78 is 13.9. The van der Waals surface area contributed by atoms with E-state index in [1.54, 1.807) is 0 Å². The first kappa shape index (κ1) is 12.5. The average molecular weight is 265 g/mol. The third-order valence-corrected chi connectivity index (χ3v) is 1.99. The van der Waals surface area contributed by atoms with E-state index < -0.39 is 17.0 Å². The van der Waals surface area contributed by atoms with Crippen molar-refractivity contribution in [2.45, 2.75) is 0 Å². The zero-order valence-corrected chi connectivity index (χ0v) is 9.60. The van der Waals surface area contributed by atoms with Crippen LogP contribution >= 0.6 is 0 Å². The number of rotatable bonds is 3. The fraction of sp³-hybridized carbons (Fsp3) is 0.100. The van der Waals surface area contributed by atoms with Gasteiger partial charge in [0.15, 0.2) is 17.3 Å². The highest BCUT2D eigenvalue weighted by atomic mass is 16.7. The van der Waals surface area contributed by atoms with Crippen molar-refractivity contribution in [1.29, 1.82) is 0 Å². The van der Waals surface area contributed by atoms with E-state index in [0.717, 1.165) is 0 Å². The Kier molecular flexibility index (Phi) is 3.37. The molecule has 2 aromatic rings. The second-order valence-corrected chi connectivity index (χ2v) is 3.19. The lowest BCUT2D eigenvalue weighted by Gasteiger charge is -2.01. The number of ether oxygens (including phenoxy) is 2. The molecule has 0 radical (unpaired) electrons. The van der Waals surface area contributed by atoms with Gasteiger partial charge in [-0.25, -0.2) is 14.8 Å². The smallest absolute Gasteiger partial charge is 0.437 e. The van der Waals surface area contributed by atoms with Gasteiger partial charge in [-0.05, 0) is 6.07 Å². The summed E-state index contributed by atoms with van der Waals surface area (Å²) in [5.74, 6) is -0.0632. The molecule has 0 aliphatic rings. The molecular weight excluding hydrogens is 258 g/mol. The van der Waals surface area contributed by atoms with E-state index in [9.17, 15) is 14.9 Å². The molecule has 0 N–H and O–H groups in total. The van der Waals surface area contributed by atoms with Gasteiger partial charge in [-0.1, -0.05) is 0 Å². The van der Waals surface area contributed by atoms with Crippen LogP contribution in [0, 0.1) is 10.1 Å². The number of carbonyl (C=O) groups excluding carboxylic acids is 1. The lowest BCUT2D eigenvalue weighted by Crippen LogP contribution is -2.07. The number of hydrogen-bond donors (Lipinski definition) is 0. The molecule has 19 heavy (non-hydrogen) atoms. The largest absolute Gasteiger partial charge is 0.513 e. The number of nitro groups is 1. The molecule has 9 nitrogen and oxygen atoms in total. The molecule has 2 heterocycles. The van der Waals surface area contributed by atoms with Crippen molar-refractivity contribution in [3.8, 4) is 17.3 Å². The topological polar surface area (TPSA) is 118 Å². The minimum atomic E-state index is -0.898. The first-order valence-corrected chi connectivity index (χ1v) is 4.92. The summed E-state index contributed by atoms with van der Waals surface area (Å²) in [6.07, 6.45) is 1.53. The van der Waals surface area contributed by atoms with E-state index in [-0.39, 0.29) is 17.3 Å². The van der Waals surface area contributed by atoms with Crippen LogP contribution < -0.4 is 4.74 Å². The van der Waals surface area contributed by atoms with Gasteiger partial charge in [-0.2, -0.15) is 0 Å². The minimum absolute atomic E-state index is 0.0802. The summed E-state index contributed by atoms with van der Waals surface area (Å²) >= 11 is 0. The SMILES string of the molecule is COC(=O)Oc1cnc(-c2ccc([N+](=O)[O-])o2)nc1. The molecule has 0 fully saturated rings. The molecule has 0 amide bonds. The van der Waals surface area contributed by atoms with Crippen LogP contribution in [0.4, 0.5) is 10.7 Å². The average Bonchev–Trinajstić information content (AvgIpc) is 2.89. The van der Waals surface area contributed by atoms with Crippen molar-refractivity contribution in [2.75, 3.05) is 7.11 Å². The lowest BCUT2D eigenvalue weighted by atomic mass is 10.4. The Balaban J connectivity index is 2.17. The van der Waals surface area contributed by atoms with E-state index in [0.29, 0.717) is 0 Å². The Labute approximate surface area is 105 Å². The third kappa shape index (κ3) is 2.83. The molecule has 2 rings (SSSR count). The van der Waals surface area contributed by atoms with Crippen LogP contribution in [0.5, 0.6) is 5.75 Å². The number of carbonyl (C=O) groups is 1. The van der Waals surface area contributed by atoms with Gasteiger partial charge in [0.1, 0.15) is 4.92 Å². The van der Waals surface area contributed by atoms with Gasteiger partial charge in [0.25, 0.3) is 0 Å². The van der Waals surface area contributed by atoms with Gasteiger partial charge in [-0.15, -0.1) is 0 Å². The molecule has 0 aliphatic heterocycles. The van der Waals surface area contributed by atoms with Gasteiger partial charge in [0.05, 0.1) is 25.6 Å². The fourth-order valence-electron chi connectivity index (χ4n) is 1.18. The second kappa shape index (κ2) is 5.12. The van der Waals surface area contributed by atoms with Crippen LogP contribution in [0.25, 0.3) is 11.6 Å². The number of furan rings is 1. The van der Waals surface area contributed by atoms with Crippen molar-refractivity contribution in [3.05, 3.63) is 34.6 Å². The predicted molar refractivity (Wildman–Crippen MR) is 59.4 cm³/mol. The first-order chi connectivity index (χ1) is 9.10. The summed E-state index contributed by atoms with van der Waals surface area (Å²) in [5, 5.41) is 10.5. The first-order valence-electron chi connectivity index (χ1n) is 4.92. The van der Waals surface area contributed by atoms with Crippen LogP contribution in [0.15, 0.2) is 28.9 Å². The standard InChI is InChI=1S/C10H7N3O6/c1-17-10(14)18-6-4-11-9(12-5-6)7-2-3-8(19-7)13(15)16/h2-5H,1H3. The van der Waals surface area contributed by atoms with Gasteiger partial charge in [0, 0.05) is 0 Å². The molecule has 0 spiro atoms. The van der Waals surface area contributed by atoms with E-state index in [1.165, 1.54) is 31.6 Å². The van der Waals surface area contributed by atoms with E-state index in [2.05, 4.69) is 19.4 Å². The molecule has 98 valence electrons. The van der Waals surface area contributed by atoms with Crippen molar-refractivity contribution in [1.82, 2.24) is 9.97 Å². The zero-order chi connectivity index (χ0) is 13.8. The summed E-state index contributed by atoms with van der Waals surface area (Å²) in [5.41, 5.74) is 0. The van der Waals surface area contributed by atoms with Crippen LogP contribution in [0.2, 0.25) is 0 Å². The van der Waals surface area contributed by atoms with Gasteiger partial charge in [0.2, 0.25) is 0 Å².